The molecule has 14 nitrogen and oxygen atoms in total. The normalized spacial score (nSPS) is 21.9. The highest BCUT2D eigenvalue weighted by Gasteiger charge is 2.31. The Kier molecular flexibility index (Phi) is 7.97. The van der Waals surface area contributed by atoms with Crippen LogP contribution in [0, 0.1) is 0 Å². The van der Waals surface area contributed by atoms with Crippen molar-refractivity contribution >= 4 is 36.8 Å². The Bertz CT molecular complexity index is 1100. The maximum atomic E-state index is 9.70. The Morgan fingerprint density at radius 1 is 1.26 bits per heavy atom. The molecule has 3 aromatic heterocycles. The minimum atomic E-state index is -2.36. The third kappa shape index (κ3) is 6.02. The molecule has 3 atom stereocenters. The van der Waals surface area contributed by atoms with Gasteiger partial charge in [0.1, 0.15) is 18.3 Å². The maximum absolute atomic E-state index is 9.70. The minimum absolute atomic E-state index is 0.0284. The van der Waals surface area contributed by atoms with Crippen molar-refractivity contribution in [2.45, 2.75) is 69.4 Å². The number of rotatable bonds is 11. The van der Waals surface area contributed by atoms with Crippen molar-refractivity contribution in [3.8, 4) is 0 Å². The lowest BCUT2D eigenvalue weighted by Gasteiger charge is -2.21. The van der Waals surface area contributed by atoms with Gasteiger partial charge in [-0.25, -0.2) is 4.68 Å². The van der Waals surface area contributed by atoms with E-state index >= 15 is 0 Å². The molecule has 1 saturated heterocycles. The largest absolute Gasteiger partial charge is 0.370 e. The second-order valence-electron chi connectivity index (χ2n) is 8.54. The molecule has 5 rings (SSSR count). The number of ether oxygens (including phenoxy) is 3. The number of H-pyrrole nitrogens is 1. The van der Waals surface area contributed by atoms with Crippen LogP contribution in [-0.4, -0.2) is 81.4 Å². The van der Waals surface area contributed by atoms with E-state index in [9.17, 15) is 9.79 Å². The van der Waals surface area contributed by atoms with Crippen LogP contribution in [0.3, 0.4) is 0 Å². The fraction of sp³-hybridized carbons (Fsp3) is 0.684. The molecule has 2 aliphatic rings. The predicted octanol–water partition coefficient (Wildman–Crippen LogP) is 1.88. The zero-order valence-electron chi connectivity index (χ0n) is 18.8. The summed E-state index contributed by atoms with van der Waals surface area (Å²) in [6, 6.07) is 0.379. The van der Waals surface area contributed by atoms with Crippen molar-refractivity contribution in [2.24, 2.45) is 0 Å². The van der Waals surface area contributed by atoms with Gasteiger partial charge in [-0.3, -0.25) is 0 Å². The van der Waals surface area contributed by atoms with E-state index in [0.29, 0.717) is 36.2 Å². The molecule has 0 amide bonds. The molecule has 0 bridgehead atoms. The summed E-state index contributed by atoms with van der Waals surface area (Å²) in [7, 11) is -2.36. The average Bonchev–Trinajstić information content (AvgIpc) is 3.63. The van der Waals surface area contributed by atoms with E-state index in [4.69, 9.17) is 25.8 Å². The first-order valence-electron chi connectivity index (χ1n) is 11.5. The third-order valence-electron chi connectivity index (χ3n) is 6.09. The van der Waals surface area contributed by atoms with E-state index in [0.717, 1.165) is 18.2 Å². The van der Waals surface area contributed by atoms with Crippen molar-refractivity contribution in [3.63, 3.8) is 0 Å². The molecule has 0 aromatic carbocycles. The molecule has 2 fully saturated rings. The van der Waals surface area contributed by atoms with Crippen LogP contribution in [0.1, 0.15) is 50.6 Å². The zero-order valence-corrected chi connectivity index (χ0v) is 20.5. The summed E-state index contributed by atoms with van der Waals surface area (Å²) >= 11 is 6.23. The Hall–Kier alpha value is -2.06. The smallest absolute Gasteiger partial charge is 0.226 e. The van der Waals surface area contributed by atoms with Gasteiger partial charge in [-0.1, -0.05) is 18.1 Å². The molecule has 0 radical (unpaired) electrons. The van der Waals surface area contributed by atoms with Crippen LogP contribution >= 0.6 is 20.0 Å². The van der Waals surface area contributed by atoms with Crippen molar-refractivity contribution in [3.05, 3.63) is 17.3 Å². The van der Waals surface area contributed by atoms with Crippen molar-refractivity contribution in [1.82, 2.24) is 40.4 Å². The number of hydrogen-bond acceptors (Lipinski definition) is 12. The summed E-state index contributed by atoms with van der Waals surface area (Å²) in [6.45, 7) is 0.228. The van der Waals surface area contributed by atoms with Gasteiger partial charge in [0, 0.05) is 6.04 Å². The van der Waals surface area contributed by atoms with Crippen molar-refractivity contribution in [2.75, 3.05) is 18.5 Å². The number of fused-ring (bicyclic) bond motifs is 1. The molecule has 35 heavy (non-hydrogen) atoms. The van der Waals surface area contributed by atoms with Gasteiger partial charge < -0.3 is 29.3 Å². The number of nitrogens with zero attached hydrogens (tertiary/aromatic N) is 7. The monoisotopic (exact) mass is 527 g/mol. The van der Waals surface area contributed by atoms with E-state index in [-0.39, 0.29) is 37.4 Å². The first kappa shape index (κ1) is 24.6. The van der Waals surface area contributed by atoms with Crippen LogP contribution in [0.2, 0.25) is 5.28 Å². The van der Waals surface area contributed by atoms with Gasteiger partial charge in [0.15, 0.2) is 26.1 Å². The van der Waals surface area contributed by atoms with E-state index in [2.05, 4.69) is 41.0 Å². The highest BCUT2D eigenvalue weighted by molar-refractivity contribution is 7.45. The molecule has 1 aliphatic heterocycles. The molecule has 16 heteroatoms. The fourth-order valence-electron chi connectivity index (χ4n) is 4.37. The van der Waals surface area contributed by atoms with Gasteiger partial charge in [0.05, 0.1) is 30.9 Å². The van der Waals surface area contributed by atoms with Gasteiger partial charge in [-0.15, -0.1) is 10.2 Å². The molecule has 3 unspecified atom stereocenters. The molecule has 3 aromatic rings. The Morgan fingerprint density at radius 2 is 2.11 bits per heavy atom. The van der Waals surface area contributed by atoms with E-state index in [1.165, 1.54) is 12.8 Å². The second-order valence-corrected chi connectivity index (χ2v) is 10.1. The van der Waals surface area contributed by atoms with Crippen LogP contribution in [0.25, 0.3) is 11.0 Å². The molecular formula is C19H27ClN9O5P. The molecule has 1 saturated carbocycles. The quantitative estimate of drug-likeness (QED) is 0.210. The van der Waals surface area contributed by atoms with Crippen molar-refractivity contribution in [1.29, 1.82) is 0 Å². The average molecular weight is 528 g/mol. The van der Waals surface area contributed by atoms with Crippen LogP contribution in [0.5, 0.6) is 0 Å². The summed E-state index contributed by atoms with van der Waals surface area (Å²) in [6.07, 6.45) is 7.18. The highest BCUT2D eigenvalue weighted by atomic mass is 35.5. The molecule has 190 valence electrons. The lowest BCUT2D eigenvalue weighted by atomic mass is 10.2. The van der Waals surface area contributed by atoms with E-state index in [1.54, 1.807) is 10.9 Å². The summed E-state index contributed by atoms with van der Waals surface area (Å²) < 4.78 is 19.0. The lowest BCUT2D eigenvalue weighted by molar-refractivity contribution is -0.0647. The van der Waals surface area contributed by atoms with Crippen LogP contribution in [0.4, 0.5) is 5.82 Å². The van der Waals surface area contributed by atoms with Gasteiger partial charge in [0.2, 0.25) is 5.28 Å². The summed E-state index contributed by atoms with van der Waals surface area (Å²) in [4.78, 5) is 28.2. The standard InChI is InChI=1S/C19H27ClN9O5P/c20-19-23-17(22-11-3-1-2-4-11)13-7-21-29(18(13)24-19)15-6-5-12(34-15)8-33-16(35(30)31)10-32-9-14-25-27-28-26-14/h7,11-12,15-16,30-31H,1-6,8-10H2,(H,22,23,24)(H,25,26,27,28). The van der Waals surface area contributed by atoms with Gasteiger partial charge in [-0.2, -0.15) is 20.3 Å². The van der Waals surface area contributed by atoms with Crippen LogP contribution in [0.15, 0.2) is 6.20 Å². The lowest BCUT2D eigenvalue weighted by Crippen LogP contribution is -2.25. The first-order valence-corrected chi connectivity index (χ1v) is 13.2. The summed E-state index contributed by atoms with van der Waals surface area (Å²) in [5, 5.41) is 22.3. The van der Waals surface area contributed by atoms with E-state index < -0.39 is 14.2 Å². The van der Waals surface area contributed by atoms with Gasteiger partial charge in [0.25, 0.3) is 0 Å². The number of aromatic amines is 1. The summed E-state index contributed by atoms with van der Waals surface area (Å²) in [5.74, 6) is 0.169. The number of tetrazole rings is 1. The van der Waals surface area contributed by atoms with Gasteiger partial charge >= 0.3 is 0 Å². The third-order valence-corrected chi connectivity index (χ3v) is 7.08. The van der Waals surface area contributed by atoms with Gasteiger partial charge in [-0.05, 0) is 37.3 Å². The van der Waals surface area contributed by atoms with Crippen molar-refractivity contribution < 1.29 is 24.0 Å². The predicted molar refractivity (Wildman–Crippen MR) is 124 cm³/mol. The molecule has 4 heterocycles. The minimum Gasteiger partial charge on any atom is -0.370 e. The Balaban J connectivity index is 1.18. The first-order chi connectivity index (χ1) is 17.1. The second kappa shape index (κ2) is 11.3. The fourth-order valence-corrected chi connectivity index (χ4v) is 4.99. The molecular weight excluding hydrogens is 501 g/mol. The Labute approximate surface area is 206 Å². The number of aromatic nitrogens is 8. The molecule has 0 spiro atoms. The number of nitrogens with one attached hydrogen (secondary N) is 2. The zero-order chi connectivity index (χ0) is 24.2. The number of halogens is 1. The van der Waals surface area contributed by atoms with Crippen LogP contribution in [-0.2, 0) is 20.8 Å². The number of anilines is 1. The van der Waals surface area contributed by atoms with Crippen LogP contribution < -0.4 is 5.32 Å². The Morgan fingerprint density at radius 3 is 2.89 bits per heavy atom. The number of hydrogen-bond donors (Lipinski definition) is 4. The molecule has 4 N–H and O–H groups in total. The summed E-state index contributed by atoms with van der Waals surface area (Å²) in [5.41, 5.74) is 0.610. The molecule has 1 aliphatic carbocycles. The highest BCUT2D eigenvalue weighted by Crippen LogP contribution is 2.35. The maximum Gasteiger partial charge on any atom is 0.226 e. The topological polar surface area (TPSA) is 178 Å². The van der Waals surface area contributed by atoms with E-state index in [1.807, 2.05) is 0 Å². The SMILES string of the molecule is OP(O)C(COCc1nn[nH]n1)OCC1CCC(n2ncc3c(NC4CCCC4)nc(Cl)nc32)O1.